The van der Waals surface area contributed by atoms with Crippen molar-refractivity contribution < 1.29 is 0 Å². The molecule has 0 saturated carbocycles. The Morgan fingerprint density at radius 2 is 2.08 bits per heavy atom. The van der Waals surface area contributed by atoms with E-state index in [-0.39, 0.29) is 0 Å². The van der Waals surface area contributed by atoms with E-state index in [1.54, 1.807) is 0 Å². The average Bonchev–Trinajstić information content (AvgIpc) is 2.16. The minimum absolute atomic E-state index is 0.981. The Balaban J connectivity index is 3.10. The van der Waals surface area contributed by atoms with Crippen molar-refractivity contribution in [1.82, 2.24) is 4.98 Å². The Morgan fingerprint density at radius 3 is 2.58 bits per heavy atom. The van der Waals surface area contributed by atoms with Crippen molar-refractivity contribution >= 4 is 6.08 Å². The Bertz CT molecular complexity index is 276. The molecule has 0 aliphatic carbocycles. The molecule has 1 heterocycles. The number of hydrogen-bond donors (Lipinski definition) is 0. The molecule has 0 fully saturated rings. The van der Waals surface area contributed by atoms with Gasteiger partial charge in [-0.05, 0) is 24.5 Å². The van der Waals surface area contributed by atoms with E-state index in [4.69, 9.17) is 0 Å². The molecule has 1 rings (SSSR count). The van der Waals surface area contributed by atoms with Crippen molar-refractivity contribution in [2.45, 2.75) is 26.7 Å². The van der Waals surface area contributed by atoms with Gasteiger partial charge in [-0.2, -0.15) is 0 Å². The van der Waals surface area contributed by atoms with Gasteiger partial charge in [-0.1, -0.05) is 32.6 Å². The summed E-state index contributed by atoms with van der Waals surface area (Å²) in [6.07, 6.45) is 3.85. The molecule has 64 valence electrons. The van der Waals surface area contributed by atoms with Crippen molar-refractivity contribution in [3.05, 3.63) is 35.7 Å². The lowest BCUT2D eigenvalue weighted by atomic mass is 10.1. The Hall–Kier alpha value is -1.11. The van der Waals surface area contributed by atoms with Crippen molar-refractivity contribution in [2.75, 3.05) is 0 Å². The fourth-order valence-electron chi connectivity index (χ4n) is 1.22. The maximum absolute atomic E-state index is 4.51. The predicted octanol–water partition coefficient (Wildman–Crippen LogP) is 2.85. The van der Waals surface area contributed by atoms with Gasteiger partial charge in [0.25, 0.3) is 0 Å². The zero-order valence-electron chi connectivity index (χ0n) is 7.80. The van der Waals surface area contributed by atoms with E-state index in [0.717, 1.165) is 29.8 Å². The second-order valence-corrected chi connectivity index (χ2v) is 2.75. The number of aryl methyl sites for hydroxylation is 2. The van der Waals surface area contributed by atoms with E-state index in [2.05, 4.69) is 37.5 Å². The summed E-state index contributed by atoms with van der Waals surface area (Å²) in [5, 5.41) is 0. The van der Waals surface area contributed by atoms with Crippen LogP contribution in [0.25, 0.3) is 6.08 Å². The maximum atomic E-state index is 4.51. The lowest BCUT2D eigenvalue weighted by molar-refractivity contribution is 0.950. The van der Waals surface area contributed by atoms with Gasteiger partial charge >= 0.3 is 0 Å². The second kappa shape index (κ2) is 4.05. The molecule has 12 heavy (non-hydrogen) atoms. The van der Waals surface area contributed by atoms with Gasteiger partial charge in [-0.15, -0.1) is 0 Å². The molecule has 1 aromatic heterocycles. The summed E-state index contributed by atoms with van der Waals surface area (Å²) in [6, 6.07) is 4.16. The summed E-state index contributed by atoms with van der Waals surface area (Å²) in [6.45, 7) is 8.00. The van der Waals surface area contributed by atoms with Crippen molar-refractivity contribution in [3.8, 4) is 0 Å². The minimum Gasteiger partial charge on any atom is -0.257 e. The molecular weight excluding hydrogens is 146 g/mol. The van der Waals surface area contributed by atoms with Crippen LogP contribution in [0.1, 0.15) is 30.8 Å². The van der Waals surface area contributed by atoms with E-state index in [1.807, 2.05) is 6.08 Å². The van der Waals surface area contributed by atoms with Gasteiger partial charge in [0.1, 0.15) is 0 Å². The van der Waals surface area contributed by atoms with Gasteiger partial charge in [0, 0.05) is 11.4 Å². The van der Waals surface area contributed by atoms with Gasteiger partial charge in [0.15, 0.2) is 0 Å². The van der Waals surface area contributed by atoms with Gasteiger partial charge in [-0.3, -0.25) is 4.98 Å². The highest BCUT2D eigenvalue weighted by Crippen LogP contribution is 2.10. The highest BCUT2D eigenvalue weighted by molar-refractivity contribution is 5.49. The SMILES string of the molecule is C=Cc1ccc(CC)nc1CC. The van der Waals surface area contributed by atoms with Crippen LogP contribution in [-0.4, -0.2) is 4.98 Å². The summed E-state index contributed by atoms with van der Waals surface area (Å²) in [4.78, 5) is 4.51. The number of pyridine rings is 1. The molecular formula is C11H15N. The summed E-state index contributed by atoms with van der Waals surface area (Å²) in [5.74, 6) is 0. The van der Waals surface area contributed by atoms with E-state index in [9.17, 15) is 0 Å². The molecule has 0 aromatic carbocycles. The zero-order valence-corrected chi connectivity index (χ0v) is 7.80. The first kappa shape index (κ1) is 8.98. The first-order valence-electron chi connectivity index (χ1n) is 4.43. The number of nitrogens with zero attached hydrogens (tertiary/aromatic N) is 1. The lowest BCUT2D eigenvalue weighted by Gasteiger charge is -2.03. The first-order valence-corrected chi connectivity index (χ1v) is 4.43. The fourth-order valence-corrected chi connectivity index (χ4v) is 1.22. The van der Waals surface area contributed by atoms with Crippen LogP contribution >= 0.6 is 0 Å². The average molecular weight is 161 g/mol. The molecule has 0 atom stereocenters. The molecule has 0 N–H and O–H groups in total. The largest absolute Gasteiger partial charge is 0.257 e. The topological polar surface area (TPSA) is 12.9 Å². The normalized spacial score (nSPS) is 9.83. The lowest BCUT2D eigenvalue weighted by Crippen LogP contribution is -1.95. The zero-order chi connectivity index (χ0) is 8.97. The van der Waals surface area contributed by atoms with Gasteiger partial charge in [0.05, 0.1) is 0 Å². The van der Waals surface area contributed by atoms with E-state index >= 15 is 0 Å². The van der Waals surface area contributed by atoms with E-state index < -0.39 is 0 Å². The molecule has 0 bridgehead atoms. The molecule has 0 radical (unpaired) electrons. The molecule has 1 nitrogen and oxygen atoms in total. The van der Waals surface area contributed by atoms with Crippen LogP contribution in [0.5, 0.6) is 0 Å². The van der Waals surface area contributed by atoms with Crippen LogP contribution in [0.3, 0.4) is 0 Å². The molecule has 0 aliphatic heterocycles. The monoisotopic (exact) mass is 161 g/mol. The van der Waals surface area contributed by atoms with Gasteiger partial charge in [0.2, 0.25) is 0 Å². The molecule has 0 unspecified atom stereocenters. The van der Waals surface area contributed by atoms with Crippen LogP contribution in [-0.2, 0) is 12.8 Å². The Morgan fingerprint density at radius 1 is 1.33 bits per heavy atom. The van der Waals surface area contributed by atoms with Crippen LogP contribution in [0.2, 0.25) is 0 Å². The van der Waals surface area contributed by atoms with Crippen molar-refractivity contribution in [3.63, 3.8) is 0 Å². The summed E-state index contributed by atoms with van der Waals surface area (Å²) < 4.78 is 0. The van der Waals surface area contributed by atoms with Crippen molar-refractivity contribution in [2.24, 2.45) is 0 Å². The third-order valence-corrected chi connectivity index (χ3v) is 1.98. The molecule has 0 saturated heterocycles. The fraction of sp³-hybridized carbons (Fsp3) is 0.364. The third kappa shape index (κ3) is 1.73. The minimum atomic E-state index is 0.981. The smallest absolute Gasteiger partial charge is 0.0476 e. The second-order valence-electron chi connectivity index (χ2n) is 2.75. The van der Waals surface area contributed by atoms with Crippen LogP contribution < -0.4 is 0 Å². The molecule has 1 heteroatoms. The summed E-state index contributed by atoms with van der Waals surface area (Å²) in [5.41, 5.74) is 3.48. The van der Waals surface area contributed by atoms with Gasteiger partial charge in [-0.25, -0.2) is 0 Å². The number of hydrogen-bond acceptors (Lipinski definition) is 1. The van der Waals surface area contributed by atoms with Gasteiger partial charge < -0.3 is 0 Å². The first-order chi connectivity index (χ1) is 5.81. The van der Waals surface area contributed by atoms with E-state index in [1.165, 1.54) is 0 Å². The predicted molar refractivity (Wildman–Crippen MR) is 53.1 cm³/mol. The molecule has 0 spiro atoms. The standard InChI is InChI=1S/C11H15N/c1-4-9-7-8-10(5-2)12-11(9)6-3/h4,7-8H,1,5-6H2,2-3H3. The molecule has 1 aromatic rings. The quantitative estimate of drug-likeness (QED) is 0.664. The summed E-state index contributed by atoms with van der Waals surface area (Å²) >= 11 is 0. The van der Waals surface area contributed by atoms with Crippen LogP contribution in [0, 0.1) is 0 Å². The maximum Gasteiger partial charge on any atom is 0.0476 e. The number of aromatic nitrogens is 1. The molecule has 0 aliphatic rings. The van der Waals surface area contributed by atoms with E-state index in [0.29, 0.717) is 0 Å². The Kier molecular flexibility index (Phi) is 3.03. The van der Waals surface area contributed by atoms with Crippen LogP contribution in [0.4, 0.5) is 0 Å². The molecule has 0 amide bonds. The Labute approximate surface area is 74.2 Å². The summed E-state index contributed by atoms with van der Waals surface area (Å²) in [7, 11) is 0. The van der Waals surface area contributed by atoms with Crippen molar-refractivity contribution in [1.29, 1.82) is 0 Å². The third-order valence-electron chi connectivity index (χ3n) is 1.98. The highest BCUT2D eigenvalue weighted by atomic mass is 14.7. The number of rotatable bonds is 3. The highest BCUT2D eigenvalue weighted by Gasteiger charge is 1.99. The van der Waals surface area contributed by atoms with Crippen LogP contribution in [0.15, 0.2) is 18.7 Å².